The molecular formula is C40H60O6S. The summed E-state index contributed by atoms with van der Waals surface area (Å²) >= 11 is 0. The van der Waals surface area contributed by atoms with E-state index in [4.69, 9.17) is 9.47 Å². The molecule has 4 saturated carbocycles. The highest BCUT2D eigenvalue weighted by Crippen LogP contribution is 2.69. The molecule has 5 aliphatic rings. The van der Waals surface area contributed by atoms with Crippen LogP contribution in [0.4, 0.5) is 0 Å². The van der Waals surface area contributed by atoms with Crippen LogP contribution in [0, 0.1) is 65.1 Å². The van der Waals surface area contributed by atoms with Crippen LogP contribution in [-0.2, 0) is 28.9 Å². The Balaban J connectivity index is 1.06. The number of esters is 1. The van der Waals surface area contributed by atoms with Crippen LogP contribution in [0.3, 0.4) is 0 Å². The standard InChI is InChI=1S/C40H60O6S/c1-6-30-34-25-28(35-9-7-8-22-45-35)18-20-40(34,5)33-19-21-39(4)31(15-16-32(39)37(33)38(30)42)27(3)12-17-36(41)46-23-24-47(43,44)29-13-10-26(2)11-14-29/h10-11,13-14,27-28,30-35,37H,6-9,12,15-25H2,1-5H3/t27-,28-,30-,31-,32+,33+,34+,35?,37+,39-,40-/m1/s1. The van der Waals surface area contributed by atoms with Crippen LogP contribution in [-0.4, -0.2) is 45.2 Å². The van der Waals surface area contributed by atoms with Crippen molar-refractivity contribution >= 4 is 21.6 Å². The second kappa shape index (κ2) is 13.9. The fraction of sp³-hybridized carbons (Fsp3) is 0.800. The predicted octanol–water partition coefficient (Wildman–Crippen LogP) is 8.39. The highest BCUT2D eigenvalue weighted by Gasteiger charge is 2.65. The smallest absolute Gasteiger partial charge is 0.305 e. The number of fused-ring (bicyclic) bond motifs is 5. The lowest BCUT2D eigenvalue weighted by Gasteiger charge is -2.63. The maximum absolute atomic E-state index is 14.6. The van der Waals surface area contributed by atoms with E-state index in [1.165, 1.54) is 44.9 Å². The second-order valence-electron chi connectivity index (χ2n) is 16.8. The van der Waals surface area contributed by atoms with Gasteiger partial charge in [0.05, 0.1) is 16.8 Å². The average molecular weight is 669 g/mol. The van der Waals surface area contributed by atoms with Gasteiger partial charge in [0.25, 0.3) is 0 Å². The van der Waals surface area contributed by atoms with Crippen molar-refractivity contribution in [1.29, 1.82) is 0 Å². The fourth-order valence-electron chi connectivity index (χ4n) is 11.9. The Morgan fingerprint density at radius 1 is 0.979 bits per heavy atom. The van der Waals surface area contributed by atoms with Crippen molar-refractivity contribution in [3.05, 3.63) is 29.8 Å². The van der Waals surface area contributed by atoms with Crippen molar-refractivity contribution in [2.75, 3.05) is 19.0 Å². The number of hydrogen-bond acceptors (Lipinski definition) is 6. The van der Waals surface area contributed by atoms with Crippen molar-refractivity contribution < 1.29 is 27.5 Å². The van der Waals surface area contributed by atoms with Crippen molar-refractivity contribution in [3.8, 4) is 0 Å². The lowest BCUT2D eigenvalue weighted by atomic mass is 9.41. The Bertz CT molecular complexity index is 1380. The van der Waals surface area contributed by atoms with Crippen molar-refractivity contribution in [3.63, 3.8) is 0 Å². The van der Waals surface area contributed by atoms with Gasteiger partial charge in [0.2, 0.25) is 0 Å². The fourth-order valence-corrected chi connectivity index (χ4v) is 13.0. The number of aryl methyl sites for hydroxylation is 1. The summed E-state index contributed by atoms with van der Waals surface area (Å²) in [6.07, 6.45) is 14.3. The quantitative estimate of drug-likeness (QED) is 0.233. The SMILES string of the molecule is CC[C@H]1C(=O)[C@@H]2[C@H](CC[C@]3(C)[C@@H]([C@H](C)CCC(=O)OCCS(=O)(=O)c4ccc(C)cc4)CC[C@@H]23)[C@@]2(C)CC[C@@H](C3CCCCO3)C[C@@H]12. The molecule has 1 saturated heterocycles. The molecule has 6 rings (SSSR count). The lowest BCUT2D eigenvalue weighted by Crippen LogP contribution is -2.60. The highest BCUT2D eigenvalue weighted by atomic mass is 32.2. The summed E-state index contributed by atoms with van der Waals surface area (Å²) in [5.74, 6) is 3.28. The molecule has 47 heavy (non-hydrogen) atoms. The number of rotatable bonds is 10. The zero-order chi connectivity index (χ0) is 33.6. The molecule has 0 aromatic heterocycles. The number of carbonyl (C=O) groups is 2. The number of ketones is 1. The first-order valence-corrected chi connectivity index (χ1v) is 20.6. The Hall–Kier alpha value is -1.73. The van der Waals surface area contributed by atoms with E-state index in [1.807, 2.05) is 6.92 Å². The van der Waals surface area contributed by atoms with Crippen molar-refractivity contribution in [2.45, 2.75) is 129 Å². The zero-order valence-electron chi connectivity index (χ0n) is 29.7. The highest BCUT2D eigenvalue weighted by molar-refractivity contribution is 7.91. The molecule has 6 nitrogen and oxygen atoms in total. The van der Waals surface area contributed by atoms with Crippen molar-refractivity contribution in [1.82, 2.24) is 0 Å². The van der Waals surface area contributed by atoms with Gasteiger partial charge in [0.15, 0.2) is 9.84 Å². The zero-order valence-corrected chi connectivity index (χ0v) is 30.5. The largest absolute Gasteiger partial charge is 0.465 e. The van der Waals surface area contributed by atoms with Gasteiger partial charge in [-0.2, -0.15) is 0 Å². The Morgan fingerprint density at radius 2 is 1.70 bits per heavy atom. The Labute approximate surface area is 284 Å². The van der Waals surface area contributed by atoms with Crippen LogP contribution in [0.1, 0.15) is 117 Å². The molecule has 1 aromatic carbocycles. The van der Waals surface area contributed by atoms with Gasteiger partial charge in [0.1, 0.15) is 12.4 Å². The van der Waals surface area contributed by atoms with Crippen LogP contribution in [0.25, 0.3) is 0 Å². The number of benzene rings is 1. The third-order valence-corrected chi connectivity index (χ3v) is 16.2. The van der Waals surface area contributed by atoms with Crippen LogP contribution in [0.2, 0.25) is 0 Å². The molecule has 1 aliphatic heterocycles. The van der Waals surface area contributed by atoms with E-state index in [9.17, 15) is 18.0 Å². The molecule has 1 aromatic rings. The number of ether oxygens (including phenoxy) is 2. The van der Waals surface area contributed by atoms with Gasteiger partial charge in [-0.15, -0.1) is 0 Å². The first kappa shape index (κ1) is 35.1. The molecule has 0 spiro atoms. The van der Waals surface area contributed by atoms with Crippen LogP contribution in [0.5, 0.6) is 0 Å². The summed E-state index contributed by atoms with van der Waals surface area (Å²) in [4.78, 5) is 27.6. The molecule has 0 bridgehead atoms. The molecule has 262 valence electrons. The molecule has 1 unspecified atom stereocenters. The van der Waals surface area contributed by atoms with E-state index in [1.54, 1.807) is 24.3 Å². The summed E-state index contributed by atoms with van der Waals surface area (Å²) in [5, 5.41) is 0. The summed E-state index contributed by atoms with van der Waals surface area (Å²) < 4.78 is 37.0. The summed E-state index contributed by atoms with van der Waals surface area (Å²) in [6, 6.07) is 6.78. The van der Waals surface area contributed by atoms with Gasteiger partial charge >= 0.3 is 5.97 Å². The maximum Gasteiger partial charge on any atom is 0.305 e. The van der Waals surface area contributed by atoms with Crippen LogP contribution < -0.4 is 0 Å². The second-order valence-corrected chi connectivity index (χ2v) is 18.9. The van der Waals surface area contributed by atoms with Gasteiger partial charge in [-0.25, -0.2) is 8.42 Å². The van der Waals surface area contributed by atoms with Gasteiger partial charge in [-0.05, 0) is 142 Å². The minimum Gasteiger partial charge on any atom is -0.465 e. The summed E-state index contributed by atoms with van der Waals surface area (Å²) in [6.45, 7) is 12.3. The van der Waals surface area contributed by atoms with E-state index in [-0.39, 0.29) is 45.9 Å². The minimum atomic E-state index is -3.49. The summed E-state index contributed by atoms with van der Waals surface area (Å²) in [5.41, 5.74) is 1.37. The molecule has 0 N–H and O–H groups in total. The molecule has 0 amide bonds. The Morgan fingerprint density at radius 3 is 2.40 bits per heavy atom. The number of hydrogen-bond donors (Lipinski definition) is 0. The van der Waals surface area contributed by atoms with E-state index in [2.05, 4.69) is 27.7 Å². The van der Waals surface area contributed by atoms with Crippen LogP contribution in [0.15, 0.2) is 29.2 Å². The van der Waals surface area contributed by atoms with Crippen molar-refractivity contribution in [2.24, 2.45) is 58.2 Å². The third kappa shape index (κ3) is 6.62. The monoisotopic (exact) mass is 668 g/mol. The molecule has 4 aliphatic carbocycles. The van der Waals surface area contributed by atoms with E-state index < -0.39 is 9.84 Å². The first-order valence-electron chi connectivity index (χ1n) is 19.0. The van der Waals surface area contributed by atoms with E-state index >= 15 is 0 Å². The summed E-state index contributed by atoms with van der Waals surface area (Å²) in [7, 11) is -3.49. The van der Waals surface area contributed by atoms with Gasteiger partial charge < -0.3 is 9.47 Å². The molecule has 11 atom stereocenters. The van der Waals surface area contributed by atoms with Gasteiger partial charge in [-0.3, -0.25) is 9.59 Å². The van der Waals surface area contributed by atoms with Gasteiger partial charge in [0, 0.05) is 24.9 Å². The van der Waals surface area contributed by atoms with E-state index in [0.717, 1.165) is 44.3 Å². The number of Topliss-reactive ketones (excluding diaryl/α,β-unsaturated/α-hetero) is 1. The molecular weight excluding hydrogens is 609 g/mol. The predicted molar refractivity (Wildman–Crippen MR) is 184 cm³/mol. The van der Waals surface area contributed by atoms with Gasteiger partial charge in [-0.1, -0.05) is 45.4 Å². The lowest BCUT2D eigenvalue weighted by molar-refractivity contribution is -0.175. The van der Waals surface area contributed by atoms with E-state index in [0.29, 0.717) is 53.8 Å². The average Bonchev–Trinajstić information content (AvgIpc) is 3.41. The molecule has 5 fully saturated rings. The normalized spacial score (nSPS) is 39.4. The first-order chi connectivity index (χ1) is 22.4. The number of carbonyl (C=O) groups excluding carboxylic acids is 2. The third-order valence-electron chi connectivity index (χ3n) is 14.5. The molecule has 7 heteroatoms. The maximum atomic E-state index is 14.6. The number of sulfone groups is 1. The molecule has 0 radical (unpaired) electrons. The topological polar surface area (TPSA) is 86.7 Å². The van der Waals surface area contributed by atoms with Crippen LogP contribution >= 0.6 is 0 Å². The minimum absolute atomic E-state index is 0.120. The molecule has 1 heterocycles. The Kier molecular flexibility index (Phi) is 10.4.